The highest BCUT2D eigenvalue weighted by Crippen LogP contribution is 2.49. The predicted molar refractivity (Wildman–Crippen MR) is 330 cm³/mol. The molecule has 0 radical (unpaired) electrons. The van der Waals surface area contributed by atoms with Gasteiger partial charge in [-0.05, 0) is 71.3 Å². The van der Waals surface area contributed by atoms with E-state index in [2.05, 4.69) is 54.0 Å². The minimum atomic E-state index is -1.35. The molecule has 408 valence electrons. The molecule has 2 amide bonds. The van der Waals surface area contributed by atoms with Crippen molar-refractivity contribution < 1.29 is 23.9 Å². The maximum absolute atomic E-state index is 15.7. The normalized spacial score (nSPS) is 17.6. The number of thioether (sulfide) groups is 1. The number of ether oxygens (including phenoxy) is 2. The van der Waals surface area contributed by atoms with Gasteiger partial charge in [0.05, 0.1) is 5.70 Å². The topological polar surface area (TPSA) is 114 Å². The summed E-state index contributed by atoms with van der Waals surface area (Å²) >= 11 is 9.34. The zero-order valence-electron chi connectivity index (χ0n) is 45.0. The van der Waals surface area contributed by atoms with Crippen LogP contribution in [0.25, 0.3) is 0 Å². The van der Waals surface area contributed by atoms with Crippen LogP contribution in [0.2, 0.25) is 0 Å². The average molecular weight is 1130 g/mol. The third kappa shape index (κ3) is 10.6. The number of oxime groups is 1. The van der Waals surface area contributed by atoms with Crippen LogP contribution in [-0.4, -0.2) is 62.3 Å². The number of hydrogen-bond acceptors (Lipinski definition) is 11. The lowest BCUT2D eigenvalue weighted by Gasteiger charge is -2.53. The Morgan fingerprint density at radius 2 is 1.07 bits per heavy atom. The van der Waals surface area contributed by atoms with E-state index in [1.165, 1.54) is 11.3 Å². The fourth-order valence-corrected chi connectivity index (χ4v) is 14.3. The number of benzene rings is 8. The van der Waals surface area contributed by atoms with Crippen molar-refractivity contribution in [2.24, 2.45) is 11.1 Å². The number of hydrogen-bond donors (Lipinski definition) is 2. The SMILES string of the molecule is CC1S[C@@H]2C(NC(=O)/C(=N\OC(c3ccccc3)(c3ccccc3)c3ccccc3)c3csc(NC(c4ccccc4)(c4ccccc4)c4ccccc4)n3)C(=O)N2C(C(=S)OC(c2ccccc2)c2ccccc2)=C1C1CCOCC1. The maximum Gasteiger partial charge on any atom is 0.276 e. The minimum absolute atomic E-state index is 0.0914. The van der Waals surface area contributed by atoms with Crippen LogP contribution in [-0.2, 0) is 35.0 Å². The van der Waals surface area contributed by atoms with Crippen LogP contribution >= 0.6 is 35.3 Å². The number of anilines is 1. The molecular weight excluding hydrogens is 1070 g/mol. The summed E-state index contributed by atoms with van der Waals surface area (Å²) in [5, 5.41) is 14.0. The zero-order valence-corrected chi connectivity index (χ0v) is 47.4. The molecule has 2 fully saturated rings. The molecule has 3 aliphatic heterocycles. The molecule has 8 aromatic carbocycles. The van der Waals surface area contributed by atoms with Gasteiger partial charge in [0, 0.05) is 40.5 Å². The lowest BCUT2D eigenvalue weighted by Crippen LogP contribution is -2.71. The molecule has 3 atom stereocenters. The van der Waals surface area contributed by atoms with Crippen LogP contribution in [0.4, 0.5) is 5.13 Å². The molecule has 10 nitrogen and oxygen atoms in total. The van der Waals surface area contributed by atoms with Crippen molar-refractivity contribution in [1.29, 1.82) is 0 Å². The summed E-state index contributed by atoms with van der Waals surface area (Å²) in [5.74, 6) is -0.848. The number of nitrogens with one attached hydrogen (secondary N) is 2. The number of aromatic nitrogens is 1. The molecule has 2 N–H and O–H groups in total. The monoisotopic (exact) mass is 1130 g/mol. The first-order chi connectivity index (χ1) is 40.3. The lowest BCUT2D eigenvalue weighted by atomic mass is 9.77. The Balaban J connectivity index is 0.945. The largest absolute Gasteiger partial charge is 0.469 e. The van der Waals surface area contributed by atoms with Gasteiger partial charge in [0.25, 0.3) is 11.8 Å². The highest BCUT2D eigenvalue weighted by Gasteiger charge is 2.56. The zero-order chi connectivity index (χ0) is 55.9. The Morgan fingerprint density at radius 3 is 1.52 bits per heavy atom. The molecule has 2 saturated heterocycles. The summed E-state index contributed by atoms with van der Waals surface area (Å²) in [5.41, 5.74) is 6.67. The summed E-state index contributed by atoms with van der Waals surface area (Å²) in [7, 11) is 0. The standard InChI is InChI=1S/C69H59N5O5S3/c1-47-58(48-42-44-77-45-43-48)61(66(80)78-62(49-26-10-2-11-27-49)50-28-12-3-13-29-50)74-64(76)60(65(74)82-47)71-63(75)59(73-79-69(54-36-20-7-21-37-54,55-38-22-8-23-39-55)56-40-24-9-25-41-56)57-46-81-67(70-57)72-68(51-30-14-4-15-31-51,52-32-16-5-17-33-52)53-34-18-6-19-35-53/h2-41,46-48,60,62,65H,42-45H2,1H3,(H,70,72)(H,71,75)/b73-59-/t47?,60?,65-/m1/s1. The Bertz CT molecular complexity index is 3470. The predicted octanol–water partition coefficient (Wildman–Crippen LogP) is 13.9. The van der Waals surface area contributed by atoms with E-state index in [0.29, 0.717) is 24.0 Å². The Hall–Kier alpha value is -8.46. The minimum Gasteiger partial charge on any atom is -0.469 e. The van der Waals surface area contributed by atoms with Gasteiger partial charge in [-0.15, -0.1) is 23.1 Å². The molecule has 0 spiro atoms. The second-order valence-electron chi connectivity index (χ2n) is 20.4. The number of fused-ring (bicyclic) bond motifs is 1. The van der Waals surface area contributed by atoms with E-state index in [9.17, 15) is 0 Å². The van der Waals surface area contributed by atoms with Crippen molar-refractivity contribution in [3.63, 3.8) is 0 Å². The van der Waals surface area contributed by atoms with Gasteiger partial charge in [-0.3, -0.25) is 14.5 Å². The third-order valence-electron chi connectivity index (χ3n) is 15.6. The van der Waals surface area contributed by atoms with Gasteiger partial charge in [0.1, 0.15) is 28.8 Å². The number of carbonyl (C=O) groups is 2. The van der Waals surface area contributed by atoms with Crippen LogP contribution in [0.15, 0.2) is 264 Å². The van der Waals surface area contributed by atoms with E-state index in [-0.39, 0.29) is 33.5 Å². The fourth-order valence-electron chi connectivity index (χ4n) is 11.7. The smallest absolute Gasteiger partial charge is 0.276 e. The summed E-state index contributed by atoms with van der Waals surface area (Å²) in [4.78, 5) is 45.0. The van der Waals surface area contributed by atoms with Crippen LogP contribution in [0.1, 0.15) is 76.1 Å². The van der Waals surface area contributed by atoms with E-state index in [1.54, 1.807) is 16.7 Å². The molecule has 1 aromatic heterocycles. The van der Waals surface area contributed by atoms with Crippen LogP contribution in [0.5, 0.6) is 0 Å². The number of nitrogens with zero attached hydrogens (tertiary/aromatic N) is 3. The molecule has 13 heteroatoms. The van der Waals surface area contributed by atoms with Crippen LogP contribution < -0.4 is 10.6 Å². The number of carbonyl (C=O) groups excluding carboxylic acids is 2. The Morgan fingerprint density at radius 1 is 0.646 bits per heavy atom. The lowest BCUT2D eigenvalue weighted by molar-refractivity contribution is -0.144. The van der Waals surface area contributed by atoms with E-state index >= 15 is 9.59 Å². The molecule has 0 aliphatic carbocycles. The van der Waals surface area contributed by atoms with Gasteiger partial charge in [0.2, 0.25) is 10.7 Å². The Labute approximate surface area is 491 Å². The molecule has 9 aromatic rings. The second-order valence-corrected chi connectivity index (χ2v) is 23.1. The molecule has 82 heavy (non-hydrogen) atoms. The van der Waals surface area contributed by atoms with Crippen molar-refractivity contribution in [2.75, 3.05) is 18.5 Å². The van der Waals surface area contributed by atoms with E-state index < -0.39 is 34.6 Å². The van der Waals surface area contributed by atoms with Crippen molar-refractivity contribution in [1.82, 2.24) is 15.2 Å². The summed E-state index contributed by atoms with van der Waals surface area (Å²) in [6, 6.07) is 79.4. The first-order valence-corrected chi connectivity index (χ1v) is 29.8. The van der Waals surface area contributed by atoms with Gasteiger partial charge in [0.15, 0.2) is 10.8 Å². The van der Waals surface area contributed by atoms with Crippen molar-refractivity contribution in [2.45, 2.75) is 53.7 Å². The van der Waals surface area contributed by atoms with Crippen LogP contribution in [0, 0.1) is 5.92 Å². The number of thiazole rings is 1. The van der Waals surface area contributed by atoms with Crippen molar-refractivity contribution in [3.8, 4) is 0 Å². The third-order valence-corrected chi connectivity index (χ3v) is 18.1. The van der Waals surface area contributed by atoms with Gasteiger partial charge >= 0.3 is 0 Å². The van der Waals surface area contributed by atoms with E-state index in [4.69, 9.17) is 36.7 Å². The van der Waals surface area contributed by atoms with Gasteiger partial charge in [-0.2, -0.15) is 0 Å². The molecule has 0 bridgehead atoms. The van der Waals surface area contributed by atoms with E-state index in [1.807, 2.05) is 212 Å². The number of amides is 2. The fraction of sp³-hybridized carbons (Fsp3) is 0.174. The highest BCUT2D eigenvalue weighted by atomic mass is 32.2. The van der Waals surface area contributed by atoms with Crippen molar-refractivity contribution >= 4 is 63.0 Å². The number of β-lactam (4-membered cyclic amide) rings is 1. The first-order valence-electron chi connectivity index (χ1n) is 27.6. The molecular formula is C69H59N5O5S3. The van der Waals surface area contributed by atoms with Gasteiger partial charge in [-0.1, -0.05) is 248 Å². The van der Waals surface area contributed by atoms with Crippen molar-refractivity contribution in [3.05, 3.63) is 310 Å². The summed E-state index contributed by atoms with van der Waals surface area (Å²) in [6.45, 7) is 3.36. The van der Waals surface area contributed by atoms with Gasteiger partial charge < -0.3 is 24.9 Å². The summed E-state index contributed by atoms with van der Waals surface area (Å²) in [6.07, 6.45) is 1.02. The molecule has 3 aliphatic rings. The molecule has 12 rings (SSSR count). The van der Waals surface area contributed by atoms with E-state index in [0.717, 1.165) is 62.9 Å². The molecule has 2 unspecified atom stereocenters. The second kappa shape index (κ2) is 24.3. The molecule has 4 heterocycles. The number of thiocarbonyl (C=S) groups is 1. The molecule has 0 saturated carbocycles. The maximum atomic E-state index is 15.7. The quantitative estimate of drug-likeness (QED) is 0.0285. The Kier molecular flexibility index (Phi) is 16.1. The highest BCUT2D eigenvalue weighted by molar-refractivity contribution is 8.00. The average Bonchev–Trinajstić information content (AvgIpc) is 2.65. The first kappa shape index (κ1) is 54.1. The number of rotatable bonds is 18. The van der Waals surface area contributed by atoms with Crippen LogP contribution in [0.3, 0.4) is 0 Å². The summed E-state index contributed by atoms with van der Waals surface area (Å²) < 4.78 is 12.8. The van der Waals surface area contributed by atoms with Gasteiger partial charge in [-0.25, -0.2) is 4.98 Å².